The van der Waals surface area contributed by atoms with Crippen molar-refractivity contribution in [3.05, 3.63) is 59.7 Å². The van der Waals surface area contributed by atoms with Crippen LogP contribution in [0.4, 0.5) is 5.69 Å². The fourth-order valence-corrected chi connectivity index (χ4v) is 2.67. The molecule has 3 rings (SSSR count). The fraction of sp³-hybridized carbons (Fsp3) is 0.278. The Morgan fingerprint density at radius 2 is 1.77 bits per heavy atom. The minimum absolute atomic E-state index is 0.270. The normalized spacial score (nSPS) is 14.5. The van der Waals surface area contributed by atoms with E-state index in [0.29, 0.717) is 18.1 Å². The first-order chi connectivity index (χ1) is 10.7. The molecule has 22 heavy (non-hydrogen) atoms. The van der Waals surface area contributed by atoms with Gasteiger partial charge in [-0.25, -0.2) is 4.79 Å². The van der Waals surface area contributed by atoms with Crippen LogP contribution in [0.1, 0.15) is 28.8 Å². The van der Waals surface area contributed by atoms with Gasteiger partial charge in [0.05, 0.1) is 12.2 Å². The molecule has 1 aliphatic heterocycles. The zero-order chi connectivity index (χ0) is 15.5. The lowest BCUT2D eigenvalue weighted by atomic mass is 9.90. The molecule has 0 aliphatic carbocycles. The van der Waals surface area contributed by atoms with Crippen LogP contribution in [-0.4, -0.2) is 30.8 Å². The fourth-order valence-electron chi connectivity index (χ4n) is 2.67. The molecule has 114 valence electrons. The van der Waals surface area contributed by atoms with Gasteiger partial charge in [0.15, 0.2) is 0 Å². The minimum atomic E-state index is -0.270. The van der Waals surface area contributed by atoms with E-state index >= 15 is 0 Å². The summed E-state index contributed by atoms with van der Waals surface area (Å²) in [6.07, 6.45) is 0. The van der Waals surface area contributed by atoms with Crippen LogP contribution in [0.3, 0.4) is 0 Å². The summed E-state index contributed by atoms with van der Waals surface area (Å²) in [5.74, 6) is 0.494. The third kappa shape index (κ3) is 2.91. The molecule has 0 atom stereocenters. The molecule has 2 aromatic carbocycles. The molecule has 4 nitrogen and oxygen atoms in total. The standard InChI is InChI=1S/C18H19NO3/c1-2-22-18(21)14-5-3-13(4-6-14)15-11-19(12-15)16-7-9-17(20)10-8-16/h3-10,15,20H,2,11-12H2,1H3. The number of ether oxygens (including phenoxy) is 1. The Morgan fingerprint density at radius 3 is 2.36 bits per heavy atom. The van der Waals surface area contributed by atoms with Crippen LogP contribution in [0.2, 0.25) is 0 Å². The predicted octanol–water partition coefficient (Wildman–Crippen LogP) is 3.17. The molecule has 1 saturated heterocycles. The number of benzene rings is 2. The van der Waals surface area contributed by atoms with Crippen molar-refractivity contribution in [2.75, 3.05) is 24.6 Å². The van der Waals surface area contributed by atoms with Crippen molar-refractivity contribution in [3.63, 3.8) is 0 Å². The summed E-state index contributed by atoms with van der Waals surface area (Å²) in [4.78, 5) is 13.9. The van der Waals surface area contributed by atoms with Crippen LogP contribution in [-0.2, 0) is 4.74 Å². The number of rotatable bonds is 4. The summed E-state index contributed by atoms with van der Waals surface area (Å²) in [7, 11) is 0. The Hall–Kier alpha value is -2.49. The van der Waals surface area contributed by atoms with Gasteiger partial charge in [-0.05, 0) is 48.9 Å². The van der Waals surface area contributed by atoms with E-state index in [4.69, 9.17) is 4.74 Å². The molecule has 1 fully saturated rings. The predicted molar refractivity (Wildman–Crippen MR) is 85.5 cm³/mol. The minimum Gasteiger partial charge on any atom is -0.508 e. The highest BCUT2D eigenvalue weighted by Gasteiger charge is 2.28. The van der Waals surface area contributed by atoms with Gasteiger partial charge in [0, 0.05) is 24.7 Å². The second-order valence-electron chi connectivity index (χ2n) is 5.46. The van der Waals surface area contributed by atoms with Gasteiger partial charge in [0.2, 0.25) is 0 Å². The maximum absolute atomic E-state index is 11.6. The molecule has 0 radical (unpaired) electrons. The molecule has 2 aromatic rings. The summed E-state index contributed by atoms with van der Waals surface area (Å²) in [6, 6.07) is 14.9. The molecule has 1 N–H and O–H groups in total. The van der Waals surface area contributed by atoms with E-state index in [1.807, 2.05) is 36.4 Å². The lowest BCUT2D eigenvalue weighted by Gasteiger charge is -2.41. The Morgan fingerprint density at radius 1 is 1.14 bits per heavy atom. The molecule has 0 aromatic heterocycles. The van der Waals surface area contributed by atoms with Crippen molar-refractivity contribution >= 4 is 11.7 Å². The molecular formula is C18H19NO3. The smallest absolute Gasteiger partial charge is 0.338 e. The van der Waals surface area contributed by atoms with Gasteiger partial charge >= 0.3 is 5.97 Å². The first-order valence-corrected chi connectivity index (χ1v) is 7.48. The van der Waals surface area contributed by atoms with E-state index in [0.717, 1.165) is 18.8 Å². The molecule has 1 heterocycles. The molecule has 0 spiro atoms. The van der Waals surface area contributed by atoms with Crippen LogP contribution < -0.4 is 4.90 Å². The van der Waals surface area contributed by atoms with Gasteiger partial charge in [0.1, 0.15) is 5.75 Å². The third-order valence-electron chi connectivity index (χ3n) is 3.99. The number of anilines is 1. The second-order valence-corrected chi connectivity index (χ2v) is 5.46. The first-order valence-electron chi connectivity index (χ1n) is 7.48. The van der Waals surface area contributed by atoms with Crippen LogP contribution in [0.15, 0.2) is 48.5 Å². The number of carbonyl (C=O) groups excluding carboxylic acids is 1. The number of hydrogen-bond donors (Lipinski definition) is 1. The van der Waals surface area contributed by atoms with Crippen molar-refractivity contribution in [3.8, 4) is 5.75 Å². The van der Waals surface area contributed by atoms with Crippen LogP contribution in [0.25, 0.3) is 0 Å². The van der Waals surface area contributed by atoms with Crippen molar-refractivity contribution in [2.24, 2.45) is 0 Å². The van der Waals surface area contributed by atoms with E-state index < -0.39 is 0 Å². The average Bonchev–Trinajstić information content (AvgIpc) is 2.49. The molecule has 0 bridgehead atoms. The van der Waals surface area contributed by atoms with E-state index in [1.165, 1.54) is 5.56 Å². The number of hydrogen-bond acceptors (Lipinski definition) is 4. The van der Waals surface area contributed by atoms with Crippen molar-refractivity contribution in [1.82, 2.24) is 0 Å². The zero-order valence-corrected chi connectivity index (χ0v) is 12.5. The van der Waals surface area contributed by atoms with E-state index in [-0.39, 0.29) is 11.7 Å². The highest BCUT2D eigenvalue weighted by molar-refractivity contribution is 5.89. The number of nitrogens with zero attached hydrogens (tertiary/aromatic N) is 1. The maximum atomic E-state index is 11.6. The Kier molecular flexibility index (Phi) is 4.00. The lowest BCUT2D eigenvalue weighted by Crippen LogP contribution is -2.45. The van der Waals surface area contributed by atoms with Gasteiger partial charge in [0.25, 0.3) is 0 Å². The summed E-state index contributed by atoms with van der Waals surface area (Å²) >= 11 is 0. The van der Waals surface area contributed by atoms with Crippen molar-refractivity contribution in [2.45, 2.75) is 12.8 Å². The summed E-state index contributed by atoms with van der Waals surface area (Å²) in [5, 5.41) is 9.31. The van der Waals surface area contributed by atoms with Gasteiger partial charge in [-0.2, -0.15) is 0 Å². The van der Waals surface area contributed by atoms with Gasteiger partial charge in [-0.3, -0.25) is 0 Å². The Labute approximate surface area is 130 Å². The monoisotopic (exact) mass is 297 g/mol. The first kappa shape index (κ1) is 14.4. The lowest BCUT2D eigenvalue weighted by molar-refractivity contribution is 0.0526. The van der Waals surface area contributed by atoms with Crippen LogP contribution in [0, 0.1) is 0 Å². The molecule has 1 aliphatic rings. The van der Waals surface area contributed by atoms with Crippen molar-refractivity contribution in [1.29, 1.82) is 0 Å². The van der Waals surface area contributed by atoms with Gasteiger partial charge in [-0.15, -0.1) is 0 Å². The number of aromatic hydroxyl groups is 1. The highest BCUT2D eigenvalue weighted by Crippen LogP contribution is 2.32. The maximum Gasteiger partial charge on any atom is 0.338 e. The Balaban J connectivity index is 1.60. The molecule has 0 amide bonds. The van der Waals surface area contributed by atoms with E-state index in [2.05, 4.69) is 4.90 Å². The third-order valence-corrected chi connectivity index (χ3v) is 3.99. The summed E-state index contributed by atoms with van der Waals surface area (Å²) < 4.78 is 4.99. The largest absolute Gasteiger partial charge is 0.508 e. The Bertz CT molecular complexity index is 643. The topological polar surface area (TPSA) is 49.8 Å². The average molecular weight is 297 g/mol. The quantitative estimate of drug-likeness (QED) is 0.881. The van der Waals surface area contributed by atoms with Crippen LogP contribution >= 0.6 is 0 Å². The number of esters is 1. The zero-order valence-electron chi connectivity index (χ0n) is 12.5. The van der Waals surface area contributed by atoms with Gasteiger partial charge < -0.3 is 14.7 Å². The number of phenols is 1. The number of carbonyl (C=O) groups is 1. The molecule has 0 unspecified atom stereocenters. The van der Waals surface area contributed by atoms with E-state index in [9.17, 15) is 9.90 Å². The SMILES string of the molecule is CCOC(=O)c1ccc(C2CN(c3ccc(O)cc3)C2)cc1. The van der Waals surface area contributed by atoms with Crippen LogP contribution in [0.5, 0.6) is 5.75 Å². The highest BCUT2D eigenvalue weighted by atomic mass is 16.5. The van der Waals surface area contributed by atoms with Crippen molar-refractivity contribution < 1.29 is 14.6 Å². The molecule has 4 heteroatoms. The van der Waals surface area contributed by atoms with Gasteiger partial charge in [-0.1, -0.05) is 12.1 Å². The molecule has 0 saturated carbocycles. The molecular weight excluding hydrogens is 278 g/mol. The number of phenolic OH excluding ortho intramolecular Hbond substituents is 1. The second kappa shape index (κ2) is 6.10. The summed E-state index contributed by atoms with van der Waals surface area (Å²) in [6.45, 7) is 4.09. The van der Waals surface area contributed by atoms with E-state index in [1.54, 1.807) is 19.1 Å². The summed E-state index contributed by atoms with van der Waals surface area (Å²) in [5.41, 5.74) is 2.96.